The molecule has 27 heavy (non-hydrogen) atoms. The predicted octanol–water partition coefficient (Wildman–Crippen LogP) is 3.77. The van der Waals surface area contributed by atoms with Gasteiger partial charge in [0.2, 0.25) is 0 Å². The van der Waals surface area contributed by atoms with Crippen LogP contribution in [0.3, 0.4) is 0 Å². The Morgan fingerprint density at radius 1 is 1.04 bits per heavy atom. The Morgan fingerprint density at radius 2 is 1.78 bits per heavy atom. The smallest absolute Gasteiger partial charge is 0.253 e. The second-order valence-corrected chi connectivity index (χ2v) is 7.34. The zero-order chi connectivity index (χ0) is 19.1. The minimum atomic E-state index is -0.239. The molecule has 1 aliphatic carbocycles. The van der Waals surface area contributed by atoms with E-state index in [2.05, 4.69) is 15.6 Å². The van der Waals surface area contributed by atoms with Gasteiger partial charge in [0.25, 0.3) is 11.8 Å². The van der Waals surface area contributed by atoms with E-state index in [4.69, 9.17) is 11.6 Å². The molecule has 3 rings (SSSR count). The molecule has 6 heteroatoms. The Kier molecular flexibility index (Phi) is 6.82. The summed E-state index contributed by atoms with van der Waals surface area (Å²) in [5, 5.41) is 6.59. The number of hydrogen-bond donors (Lipinski definition) is 2. The molecule has 1 aliphatic rings. The van der Waals surface area contributed by atoms with Crippen LogP contribution in [0.15, 0.2) is 42.7 Å². The Balaban J connectivity index is 1.54. The van der Waals surface area contributed by atoms with Crippen LogP contribution in [-0.2, 0) is 6.42 Å². The predicted molar refractivity (Wildman–Crippen MR) is 106 cm³/mol. The number of pyridine rings is 1. The molecule has 0 aliphatic heterocycles. The molecule has 1 saturated carbocycles. The van der Waals surface area contributed by atoms with E-state index in [1.165, 1.54) is 18.8 Å². The summed E-state index contributed by atoms with van der Waals surface area (Å²) < 4.78 is 0. The first-order chi connectivity index (χ1) is 13.1. The minimum Gasteiger partial charge on any atom is -0.352 e. The van der Waals surface area contributed by atoms with E-state index in [0.717, 1.165) is 31.2 Å². The topological polar surface area (TPSA) is 71.1 Å². The molecule has 5 nitrogen and oxygen atoms in total. The zero-order valence-corrected chi connectivity index (χ0v) is 16.0. The highest BCUT2D eigenvalue weighted by molar-refractivity contribution is 6.30. The first-order valence-corrected chi connectivity index (χ1v) is 9.78. The Hall–Kier alpha value is -2.40. The van der Waals surface area contributed by atoms with Crippen LogP contribution in [0.1, 0.15) is 58.4 Å². The van der Waals surface area contributed by atoms with Gasteiger partial charge in [-0.3, -0.25) is 14.6 Å². The van der Waals surface area contributed by atoms with Gasteiger partial charge in [0.1, 0.15) is 0 Å². The van der Waals surface area contributed by atoms with E-state index in [9.17, 15) is 9.59 Å². The number of halogens is 1. The molecular formula is C21H24ClN3O2. The van der Waals surface area contributed by atoms with Gasteiger partial charge in [0.05, 0.1) is 11.1 Å². The van der Waals surface area contributed by atoms with Gasteiger partial charge in [0, 0.05) is 30.0 Å². The summed E-state index contributed by atoms with van der Waals surface area (Å²) in [6, 6.07) is 9.37. The van der Waals surface area contributed by atoms with E-state index >= 15 is 0 Å². The van der Waals surface area contributed by atoms with Crippen molar-refractivity contribution in [3.05, 3.63) is 64.4 Å². The van der Waals surface area contributed by atoms with Crippen molar-refractivity contribution >= 4 is 23.4 Å². The van der Waals surface area contributed by atoms with Crippen molar-refractivity contribution in [2.24, 2.45) is 0 Å². The van der Waals surface area contributed by atoms with Crippen LogP contribution < -0.4 is 10.6 Å². The third-order valence-corrected chi connectivity index (χ3v) is 5.03. The summed E-state index contributed by atoms with van der Waals surface area (Å²) in [4.78, 5) is 28.8. The highest BCUT2D eigenvalue weighted by atomic mass is 35.5. The molecular weight excluding hydrogens is 362 g/mol. The van der Waals surface area contributed by atoms with Crippen LogP contribution in [0.4, 0.5) is 0 Å². The molecule has 0 spiro atoms. The number of hydrogen-bond acceptors (Lipinski definition) is 3. The third-order valence-electron chi connectivity index (χ3n) is 4.79. The molecule has 0 atom stereocenters. The first kappa shape index (κ1) is 19.4. The summed E-state index contributed by atoms with van der Waals surface area (Å²) in [5.74, 6) is -0.403. The van der Waals surface area contributed by atoms with Gasteiger partial charge in [0.15, 0.2) is 0 Å². The normalized spacial score (nSPS) is 14.6. The molecule has 2 N–H and O–H groups in total. The van der Waals surface area contributed by atoms with Gasteiger partial charge >= 0.3 is 0 Å². The lowest BCUT2D eigenvalue weighted by atomic mass is 9.95. The van der Waals surface area contributed by atoms with E-state index in [1.807, 2.05) is 24.3 Å². The molecule has 1 fully saturated rings. The number of nitrogens with zero attached hydrogens (tertiary/aromatic N) is 1. The fourth-order valence-electron chi connectivity index (χ4n) is 3.32. The number of aromatic nitrogens is 1. The average Bonchev–Trinajstić information content (AvgIpc) is 2.69. The molecule has 0 unspecified atom stereocenters. The van der Waals surface area contributed by atoms with Crippen molar-refractivity contribution in [1.29, 1.82) is 0 Å². The monoisotopic (exact) mass is 385 g/mol. The van der Waals surface area contributed by atoms with E-state index in [0.29, 0.717) is 29.1 Å². The SMILES string of the molecule is O=C(NCCc1cccc(Cl)c1)c1cncc(C(=O)NC2CCCCC2)c1. The number of amides is 2. The van der Waals surface area contributed by atoms with Crippen molar-refractivity contribution < 1.29 is 9.59 Å². The maximum atomic E-state index is 12.4. The number of rotatable bonds is 6. The Labute approximate surface area is 164 Å². The lowest BCUT2D eigenvalue weighted by Gasteiger charge is -2.22. The second kappa shape index (κ2) is 9.51. The van der Waals surface area contributed by atoms with Crippen LogP contribution in [0.25, 0.3) is 0 Å². The third kappa shape index (κ3) is 5.79. The highest BCUT2D eigenvalue weighted by Gasteiger charge is 2.17. The van der Waals surface area contributed by atoms with Crippen molar-refractivity contribution in [3.63, 3.8) is 0 Å². The van der Waals surface area contributed by atoms with Gasteiger partial charge < -0.3 is 10.6 Å². The van der Waals surface area contributed by atoms with Gasteiger partial charge in [-0.15, -0.1) is 0 Å². The molecule has 2 amide bonds. The number of carbonyl (C=O) groups excluding carboxylic acids is 2. The van der Waals surface area contributed by atoms with Crippen molar-refractivity contribution in [3.8, 4) is 0 Å². The molecule has 1 heterocycles. The highest BCUT2D eigenvalue weighted by Crippen LogP contribution is 2.18. The lowest BCUT2D eigenvalue weighted by molar-refractivity contribution is 0.0927. The molecule has 2 aromatic rings. The van der Waals surface area contributed by atoms with Crippen molar-refractivity contribution in [2.75, 3.05) is 6.54 Å². The van der Waals surface area contributed by atoms with Gasteiger partial charge in [-0.1, -0.05) is 43.0 Å². The van der Waals surface area contributed by atoms with E-state index < -0.39 is 0 Å². The average molecular weight is 386 g/mol. The maximum absolute atomic E-state index is 12.4. The van der Waals surface area contributed by atoms with Crippen molar-refractivity contribution in [2.45, 2.75) is 44.6 Å². The minimum absolute atomic E-state index is 0.164. The number of carbonyl (C=O) groups is 2. The molecule has 0 saturated heterocycles. The number of benzene rings is 1. The Bertz CT molecular complexity index is 804. The van der Waals surface area contributed by atoms with Crippen LogP contribution in [0, 0.1) is 0 Å². The fraction of sp³-hybridized carbons (Fsp3) is 0.381. The summed E-state index contributed by atoms with van der Waals surface area (Å²) in [5.41, 5.74) is 1.86. The van der Waals surface area contributed by atoms with Crippen LogP contribution in [-0.4, -0.2) is 29.4 Å². The summed E-state index contributed by atoms with van der Waals surface area (Å²) in [7, 11) is 0. The van der Waals surface area contributed by atoms with E-state index in [-0.39, 0.29) is 17.9 Å². The second-order valence-electron chi connectivity index (χ2n) is 6.91. The van der Waals surface area contributed by atoms with E-state index in [1.54, 1.807) is 6.07 Å². The quantitative estimate of drug-likeness (QED) is 0.795. The van der Waals surface area contributed by atoms with Crippen LogP contribution in [0.2, 0.25) is 5.02 Å². The first-order valence-electron chi connectivity index (χ1n) is 9.40. The summed E-state index contributed by atoms with van der Waals surface area (Å²) in [6.07, 6.45) is 9.23. The van der Waals surface area contributed by atoms with Gasteiger partial charge in [-0.2, -0.15) is 0 Å². The number of nitrogens with one attached hydrogen (secondary N) is 2. The molecule has 142 valence electrons. The summed E-state index contributed by atoms with van der Waals surface area (Å²) in [6.45, 7) is 0.484. The summed E-state index contributed by atoms with van der Waals surface area (Å²) >= 11 is 5.97. The molecule has 1 aromatic carbocycles. The fourth-order valence-corrected chi connectivity index (χ4v) is 3.53. The van der Waals surface area contributed by atoms with Crippen molar-refractivity contribution in [1.82, 2.24) is 15.6 Å². The maximum Gasteiger partial charge on any atom is 0.253 e. The molecule has 1 aromatic heterocycles. The van der Waals surface area contributed by atoms with Gasteiger partial charge in [-0.25, -0.2) is 0 Å². The standard InChI is InChI=1S/C21H24ClN3O2/c22-18-6-4-5-15(11-18)9-10-24-20(26)16-12-17(14-23-13-16)21(27)25-19-7-2-1-3-8-19/h4-6,11-14,19H,1-3,7-10H2,(H,24,26)(H,25,27). The largest absolute Gasteiger partial charge is 0.352 e. The van der Waals surface area contributed by atoms with Crippen LogP contribution in [0.5, 0.6) is 0 Å². The van der Waals surface area contributed by atoms with Gasteiger partial charge in [-0.05, 0) is 43.0 Å². The molecule has 0 radical (unpaired) electrons. The van der Waals surface area contributed by atoms with Crippen LogP contribution >= 0.6 is 11.6 Å². The molecule has 0 bridgehead atoms. The zero-order valence-electron chi connectivity index (χ0n) is 15.2. The lowest BCUT2D eigenvalue weighted by Crippen LogP contribution is -2.36. The Morgan fingerprint density at radius 3 is 2.52 bits per heavy atom.